The molecule has 0 spiro atoms. The Bertz CT molecular complexity index is 499. The Morgan fingerprint density at radius 3 is 2.15 bits per heavy atom. The molecule has 6 heteroatoms. The van der Waals surface area contributed by atoms with Crippen molar-refractivity contribution in [3.63, 3.8) is 0 Å². The van der Waals surface area contributed by atoms with Crippen LogP contribution in [0.3, 0.4) is 0 Å². The highest BCUT2D eigenvalue weighted by molar-refractivity contribution is 7.89. The number of hydrogen-bond acceptors (Lipinski definition) is 4. The van der Waals surface area contributed by atoms with E-state index < -0.39 is 10.0 Å². The number of methoxy groups -OCH3 is 1. The number of hydrogen-bond donors (Lipinski definition) is 2. The zero-order chi connectivity index (χ0) is 15.2. The first-order valence-corrected chi connectivity index (χ1v) is 8.25. The van der Waals surface area contributed by atoms with Crippen LogP contribution in [0.15, 0.2) is 29.2 Å². The third kappa shape index (κ3) is 3.94. The van der Waals surface area contributed by atoms with Crippen LogP contribution >= 0.6 is 0 Å². The smallest absolute Gasteiger partial charge is 0.240 e. The molecular formula is C14H24N2O3S. The van der Waals surface area contributed by atoms with Gasteiger partial charge in [0.05, 0.1) is 12.0 Å². The van der Waals surface area contributed by atoms with Crippen LogP contribution in [-0.2, 0) is 10.0 Å². The molecule has 1 aromatic rings. The van der Waals surface area contributed by atoms with Crippen LogP contribution in [0, 0.1) is 5.41 Å². The predicted molar refractivity (Wildman–Crippen MR) is 80.3 cm³/mol. The Kier molecular flexibility index (Phi) is 5.98. The molecule has 0 aliphatic heterocycles. The van der Waals surface area contributed by atoms with Gasteiger partial charge in [0.25, 0.3) is 0 Å². The van der Waals surface area contributed by atoms with Gasteiger partial charge in [0, 0.05) is 6.54 Å². The lowest BCUT2D eigenvalue weighted by molar-refractivity contribution is 0.275. The summed E-state index contributed by atoms with van der Waals surface area (Å²) in [5.74, 6) is 0.627. The Labute approximate surface area is 121 Å². The summed E-state index contributed by atoms with van der Waals surface area (Å²) in [7, 11) is -1.97. The third-order valence-electron chi connectivity index (χ3n) is 3.94. The van der Waals surface area contributed by atoms with Crippen LogP contribution in [0.2, 0.25) is 0 Å². The molecule has 0 heterocycles. The molecular weight excluding hydrogens is 276 g/mol. The van der Waals surface area contributed by atoms with Crippen molar-refractivity contribution in [3.05, 3.63) is 24.3 Å². The van der Waals surface area contributed by atoms with Crippen molar-refractivity contribution in [2.45, 2.75) is 31.6 Å². The number of rotatable bonds is 8. The van der Waals surface area contributed by atoms with Gasteiger partial charge >= 0.3 is 0 Å². The molecule has 0 radical (unpaired) electrons. The largest absolute Gasteiger partial charge is 0.497 e. The molecule has 3 N–H and O–H groups in total. The van der Waals surface area contributed by atoms with Crippen molar-refractivity contribution in [1.29, 1.82) is 0 Å². The van der Waals surface area contributed by atoms with Crippen molar-refractivity contribution in [1.82, 2.24) is 4.72 Å². The lowest BCUT2D eigenvalue weighted by Crippen LogP contribution is -2.41. The zero-order valence-corrected chi connectivity index (χ0v) is 13.2. The van der Waals surface area contributed by atoms with Gasteiger partial charge in [-0.2, -0.15) is 0 Å². The van der Waals surface area contributed by atoms with E-state index in [1.54, 1.807) is 19.2 Å². The van der Waals surface area contributed by atoms with E-state index in [1.807, 2.05) is 13.8 Å². The summed E-state index contributed by atoms with van der Waals surface area (Å²) in [4.78, 5) is 0.233. The van der Waals surface area contributed by atoms with Crippen molar-refractivity contribution in [3.8, 4) is 5.75 Å². The van der Waals surface area contributed by atoms with Crippen molar-refractivity contribution in [2.75, 3.05) is 20.2 Å². The minimum absolute atomic E-state index is 0.181. The molecule has 114 valence electrons. The second kappa shape index (κ2) is 7.06. The van der Waals surface area contributed by atoms with E-state index >= 15 is 0 Å². The zero-order valence-electron chi connectivity index (χ0n) is 12.3. The normalized spacial score (nSPS) is 12.4. The van der Waals surface area contributed by atoms with Crippen molar-refractivity contribution >= 4 is 10.0 Å². The van der Waals surface area contributed by atoms with Gasteiger partial charge in [0.15, 0.2) is 0 Å². The van der Waals surface area contributed by atoms with E-state index in [2.05, 4.69) is 4.72 Å². The summed E-state index contributed by atoms with van der Waals surface area (Å²) in [6.45, 7) is 4.87. The van der Waals surface area contributed by atoms with Gasteiger partial charge in [0.2, 0.25) is 10.0 Å². The van der Waals surface area contributed by atoms with Crippen LogP contribution in [-0.4, -0.2) is 28.6 Å². The van der Waals surface area contributed by atoms with Crippen LogP contribution in [0.5, 0.6) is 5.75 Å². The van der Waals surface area contributed by atoms with Crippen LogP contribution in [0.25, 0.3) is 0 Å². The highest BCUT2D eigenvalue weighted by atomic mass is 32.2. The SMILES string of the molecule is CCC(CC)(CN)CNS(=O)(=O)c1ccc(OC)cc1. The summed E-state index contributed by atoms with van der Waals surface area (Å²) in [5.41, 5.74) is 5.60. The van der Waals surface area contributed by atoms with E-state index in [-0.39, 0.29) is 10.3 Å². The topological polar surface area (TPSA) is 81.4 Å². The molecule has 20 heavy (non-hydrogen) atoms. The highest BCUT2D eigenvalue weighted by Gasteiger charge is 2.27. The second-order valence-corrected chi connectivity index (χ2v) is 6.68. The highest BCUT2D eigenvalue weighted by Crippen LogP contribution is 2.24. The van der Waals surface area contributed by atoms with Gasteiger partial charge in [-0.05, 0) is 49.1 Å². The Morgan fingerprint density at radius 2 is 1.75 bits per heavy atom. The quantitative estimate of drug-likeness (QED) is 0.766. The monoisotopic (exact) mass is 300 g/mol. The maximum absolute atomic E-state index is 12.2. The molecule has 0 saturated carbocycles. The molecule has 0 unspecified atom stereocenters. The number of benzene rings is 1. The maximum atomic E-state index is 12.2. The summed E-state index contributed by atoms with van der Waals surface area (Å²) < 4.78 is 32.1. The molecule has 0 saturated heterocycles. The first-order chi connectivity index (χ1) is 9.43. The number of sulfonamides is 1. The third-order valence-corrected chi connectivity index (χ3v) is 5.36. The standard InChI is InChI=1S/C14H24N2O3S/c1-4-14(5-2,10-15)11-16-20(17,18)13-8-6-12(19-3)7-9-13/h6-9,16H,4-5,10-11,15H2,1-3H3. The van der Waals surface area contributed by atoms with Gasteiger partial charge in [-0.25, -0.2) is 13.1 Å². The number of ether oxygens (including phenoxy) is 1. The summed E-state index contributed by atoms with van der Waals surface area (Å²) >= 11 is 0. The fourth-order valence-electron chi connectivity index (χ4n) is 1.95. The molecule has 0 bridgehead atoms. The Hall–Kier alpha value is -1.11. The maximum Gasteiger partial charge on any atom is 0.240 e. The predicted octanol–water partition coefficient (Wildman–Crippen LogP) is 1.74. The van der Waals surface area contributed by atoms with Crippen LogP contribution in [0.4, 0.5) is 0 Å². The number of nitrogens with one attached hydrogen (secondary N) is 1. The Balaban J connectivity index is 2.84. The van der Waals surface area contributed by atoms with Gasteiger partial charge < -0.3 is 10.5 Å². The van der Waals surface area contributed by atoms with Gasteiger partial charge in [-0.3, -0.25) is 0 Å². The van der Waals surface area contributed by atoms with Crippen LogP contribution in [0.1, 0.15) is 26.7 Å². The molecule has 0 atom stereocenters. The lowest BCUT2D eigenvalue weighted by Gasteiger charge is -2.30. The number of nitrogens with two attached hydrogens (primary N) is 1. The molecule has 0 aromatic heterocycles. The fourth-order valence-corrected chi connectivity index (χ4v) is 3.10. The lowest BCUT2D eigenvalue weighted by atomic mass is 9.83. The van der Waals surface area contributed by atoms with Gasteiger partial charge in [-0.15, -0.1) is 0 Å². The molecule has 5 nitrogen and oxygen atoms in total. The fraction of sp³-hybridized carbons (Fsp3) is 0.571. The van der Waals surface area contributed by atoms with Crippen molar-refractivity contribution in [2.24, 2.45) is 11.1 Å². The molecule has 0 amide bonds. The first-order valence-electron chi connectivity index (χ1n) is 6.77. The molecule has 1 aromatic carbocycles. The van der Waals surface area contributed by atoms with E-state index in [4.69, 9.17) is 10.5 Å². The summed E-state index contributed by atoms with van der Waals surface area (Å²) in [6.07, 6.45) is 1.68. The van der Waals surface area contributed by atoms with Crippen LogP contribution < -0.4 is 15.2 Å². The minimum Gasteiger partial charge on any atom is -0.497 e. The van der Waals surface area contributed by atoms with Crippen molar-refractivity contribution < 1.29 is 13.2 Å². The van der Waals surface area contributed by atoms with E-state index in [0.29, 0.717) is 18.8 Å². The molecule has 0 aliphatic carbocycles. The Morgan fingerprint density at radius 1 is 1.20 bits per heavy atom. The first kappa shape index (κ1) is 16.9. The van der Waals surface area contributed by atoms with E-state index in [0.717, 1.165) is 12.8 Å². The minimum atomic E-state index is -3.51. The van der Waals surface area contributed by atoms with Gasteiger partial charge in [0.1, 0.15) is 5.75 Å². The molecule has 0 aliphatic rings. The van der Waals surface area contributed by atoms with E-state index in [1.165, 1.54) is 12.1 Å². The molecule has 1 rings (SSSR count). The van der Waals surface area contributed by atoms with E-state index in [9.17, 15) is 8.42 Å². The summed E-state index contributed by atoms with van der Waals surface area (Å²) in [6, 6.07) is 6.32. The molecule has 0 fully saturated rings. The average molecular weight is 300 g/mol. The van der Waals surface area contributed by atoms with Gasteiger partial charge in [-0.1, -0.05) is 13.8 Å². The summed E-state index contributed by atoms with van der Waals surface area (Å²) in [5, 5.41) is 0. The average Bonchev–Trinajstić information content (AvgIpc) is 2.49. The second-order valence-electron chi connectivity index (χ2n) is 4.91.